The summed E-state index contributed by atoms with van der Waals surface area (Å²) in [5.74, 6) is 1.31. The van der Waals surface area contributed by atoms with Crippen LogP contribution in [0.1, 0.15) is 24.5 Å². The van der Waals surface area contributed by atoms with Gasteiger partial charge in [0.15, 0.2) is 0 Å². The van der Waals surface area contributed by atoms with E-state index in [-0.39, 0.29) is 0 Å². The van der Waals surface area contributed by atoms with Gasteiger partial charge in [0.2, 0.25) is 5.88 Å². The average Bonchev–Trinajstić information content (AvgIpc) is 2.46. The van der Waals surface area contributed by atoms with E-state index in [0.717, 1.165) is 34.3 Å². The fraction of sp³-hybridized carbons (Fsp3) is 0.312. The summed E-state index contributed by atoms with van der Waals surface area (Å²) < 4.78 is 6.86. The van der Waals surface area contributed by atoms with Gasteiger partial charge in [-0.25, -0.2) is 4.98 Å². The maximum atomic E-state index is 6.16. The predicted octanol–water partition coefficient (Wildman–Crippen LogP) is 5.10. The quantitative estimate of drug-likeness (QED) is 0.719. The molecule has 0 unspecified atom stereocenters. The highest BCUT2D eigenvalue weighted by molar-refractivity contribution is 9.10. The lowest BCUT2D eigenvalue weighted by molar-refractivity contribution is 0.461. The van der Waals surface area contributed by atoms with E-state index in [4.69, 9.17) is 16.3 Å². The summed E-state index contributed by atoms with van der Waals surface area (Å²) in [5.41, 5.74) is 2.11. The van der Waals surface area contributed by atoms with Gasteiger partial charge in [-0.05, 0) is 49.2 Å². The molecule has 2 rings (SSSR count). The van der Waals surface area contributed by atoms with E-state index in [1.54, 1.807) is 6.20 Å². The van der Waals surface area contributed by atoms with E-state index in [0.29, 0.717) is 17.4 Å². The number of rotatable bonds is 6. The van der Waals surface area contributed by atoms with Crippen molar-refractivity contribution in [2.45, 2.75) is 26.8 Å². The minimum absolute atomic E-state index is 0.550. The van der Waals surface area contributed by atoms with Gasteiger partial charge >= 0.3 is 0 Å². The van der Waals surface area contributed by atoms with Crippen LogP contribution in [0.25, 0.3) is 0 Å². The van der Waals surface area contributed by atoms with E-state index in [2.05, 4.69) is 33.2 Å². The van der Waals surface area contributed by atoms with Crippen LogP contribution in [0.3, 0.4) is 0 Å². The zero-order valence-corrected chi connectivity index (χ0v) is 14.5. The first-order valence-electron chi connectivity index (χ1n) is 6.89. The summed E-state index contributed by atoms with van der Waals surface area (Å²) in [6, 6.07) is 7.71. The molecule has 0 aliphatic heterocycles. The first-order chi connectivity index (χ1) is 10.1. The van der Waals surface area contributed by atoms with Crippen molar-refractivity contribution in [3.8, 4) is 11.6 Å². The Labute approximate surface area is 138 Å². The van der Waals surface area contributed by atoms with Crippen molar-refractivity contribution in [2.24, 2.45) is 0 Å². The maximum Gasteiger partial charge on any atom is 0.219 e. The second-order valence-corrected chi connectivity index (χ2v) is 6.07. The monoisotopic (exact) mass is 368 g/mol. The number of ether oxygens (including phenoxy) is 1. The highest BCUT2D eigenvalue weighted by Gasteiger charge is 2.06. The number of nitrogens with one attached hydrogen (secondary N) is 1. The summed E-state index contributed by atoms with van der Waals surface area (Å²) in [6.07, 6.45) is 2.72. The molecule has 21 heavy (non-hydrogen) atoms. The Morgan fingerprint density at radius 1 is 1.33 bits per heavy atom. The number of benzene rings is 1. The molecule has 1 aromatic heterocycles. The summed E-state index contributed by atoms with van der Waals surface area (Å²) >= 11 is 9.63. The van der Waals surface area contributed by atoms with E-state index < -0.39 is 0 Å². The third kappa shape index (κ3) is 4.70. The van der Waals surface area contributed by atoms with Gasteiger partial charge in [-0.1, -0.05) is 34.5 Å². The fourth-order valence-electron chi connectivity index (χ4n) is 1.85. The standard InChI is InChI=1S/C16H18BrClN2O/c1-3-6-19-9-12-8-16(20-10-15(12)18)21-13-4-5-14(17)11(2)7-13/h4-5,7-8,10,19H,3,6,9H2,1-2H3. The van der Waals surface area contributed by atoms with Crippen LogP contribution in [-0.4, -0.2) is 11.5 Å². The average molecular weight is 370 g/mol. The van der Waals surface area contributed by atoms with Crippen LogP contribution in [0.4, 0.5) is 0 Å². The molecule has 3 nitrogen and oxygen atoms in total. The molecule has 0 radical (unpaired) electrons. The van der Waals surface area contributed by atoms with Crippen LogP contribution in [0.15, 0.2) is 34.9 Å². The highest BCUT2D eigenvalue weighted by atomic mass is 79.9. The molecule has 0 fully saturated rings. The van der Waals surface area contributed by atoms with Crippen molar-refractivity contribution >= 4 is 27.5 Å². The highest BCUT2D eigenvalue weighted by Crippen LogP contribution is 2.27. The van der Waals surface area contributed by atoms with Crippen LogP contribution in [0, 0.1) is 6.92 Å². The molecule has 0 saturated carbocycles. The van der Waals surface area contributed by atoms with Gasteiger partial charge < -0.3 is 10.1 Å². The minimum Gasteiger partial charge on any atom is -0.439 e. The Bertz CT molecular complexity index is 619. The SMILES string of the molecule is CCCNCc1cc(Oc2ccc(Br)c(C)c2)ncc1Cl. The summed E-state index contributed by atoms with van der Waals surface area (Å²) in [4.78, 5) is 4.22. The zero-order valence-electron chi connectivity index (χ0n) is 12.1. The number of aryl methyl sites for hydroxylation is 1. The molecule has 0 spiro atoms. The summed E-state index contributed by atoms with van der Waals surface area (Å²) in [6.45, 7) is 5.82. The predicted molar refractivity (Wildman–Crippen MR) is 90.2 cm³/mol. The Morgan fingerprint density at radius 2 is 2.14 bits per heavy atom. The van der Waals surface area contributed by atoms with Gasteiger partial charge in [0.25, 0.3) is 0 Å². The Hall–Kier alpha value is -1.10. The molecule has 2 aromatic rings. The first-order valence-corrected chi connectivity index (χ1v) is 8.06. The van der Waals surface area contributed by atoms with Gasteiger partial charge in [-0.2, -0.15) is 0 Å². The molecule has 5 heteroatoms. The third-order valence-electron chi connectivity index (χ3n) is 3.00. The van der Waals surface area contributed by atoms with Crippen molar-refractivity contribution in [2.75, 3.05) is 6.54 Å². The Kier molecular flexibility index (Phi) is 6.03. The fourth-order valence-corrected chi connectivity index (χ4v) is 2.27. The topological polar surface area (TPSA) is 34.1 Å². The van der Waals surface area contributed by atoms with Gasteiger partial charge in [0.05, 0.1) is 5.02 Å². The number of pyridine rings is 1. The molecule has 0 aliphatic carbocycles. The molecular formula is C16H18BrClN2O. The van der Waals surface area contributed by atoms with E-state index in [1.807, 2.05) is 31.2 Å². The molecule has 0 saturated heterocycles. The van der Waals surface area contributed by atoms with Crippen molar-refractivity contribution in [1.82, 2.24) is 10.3 Å². The molecule has 1 aromatic carbocycles. The van der Waals surface area contributed by atoms with E-state index in [9.17, 15) is 0 Å². The lowest BCUT2D eigenvalue weighted by Crippen LogP contribution is -2.14. The molecule has 0 amide bonds. The normalized spacial score (nSPS) is 10.7. The van der Waals surface area contributed by atoms with Crippen LogP contribution in [0.5, 0.6) is 11.6 Å². The number of halogens is 2. The van der Waals surface area contributed by atoms with Crippen molar-refractivity contribution < 1.29 is 4.74 Å². The van der Waals surface area contributed by atoms with Gasteiger partial charge in [-0.15, -0.1) is 0 Å². The van der Waals surface area contributed by atoms with Gasteiger partial charge in [0, 0.05) is 23.3 Å². The third-order valence-corrected chi connectivity index (χ3v) is 4.23. The van der Waals surface area contributed by atoms with Crippen molar-refractivity contribution in [3.63, 3.8) is 0 Å². The minimum atomic E-state index is 0.550. The second kappa shape index (κ2) is 7.78. The van der Waals surface area contributed by atoms with Crippen molar-refractivity contribution in [1.29, 1.82) is 0 Å². The molecular weight excluding hydrogens is 352 g/mol. The number of hydrogen-bond donors (Lipinski definition) is 1. The van der Waals surface area contributed by atoms with Crippen LogP contribution in [0.2, 0.25) is 5.02 Å². The maximum absolute atomic E-state index is 6.16. The van der Waals surface area contributed by atoms with Crippen LogP contribution < -0.4 is 10.1 Å². The van der Waals surface area contributed by atoms with Crippen molar-refractivity contribution in [3.05, 3.63) is 51.1 Å². The Morgan fingerprint density at radius 3 is 2.86 bits per heavy atom. The summed E-state index contributed by atoms with van der Waals surface area (Å²) in [5, 5.41) is 3.98. The summed E-state index contributed by atoms with van der Waals surface area (Å²) in [7, 11) is 0. The molecule has 0 aliphatic rings. The molecule has 0 atom stereocenters. The molecule has 1 heterocycles. The second-order valence-electron chi connectivity index (χ2n) is 4.80. The van der Waals surface area contributed by atoms with E-state index >= 15 is 0 Å². The van der Waals surface area contributed by atoms with E-state index in [1.165, 1.54) is 0 Å². The number of nitrogens with zero attached hydrogens (tertiary/aromatic N) is 1. The molecule has 1 N–H and O–H groups in total. The van der Waals surface area contributed by atoms with Crippen LogP contribution in [-0.2, 0) is 6.54 Å². The number of hydrogen-bond acceptors (Lipinski definition) is 3. The smallest absolute Gasteiger partial charge is 0.219 e. The lowest BCUT2D eigenvalue weighted by Gasteiger charge is -2.10. The Balaban J connectivity index is 2.12. The van der Waals surface area contributed by atoms with Gasteiger partial charge in [-0.3, -0.25) is 0 Å². The largest absolute Gasteiger partial charge is 0.439 e. The first kappa shape index (κ1) is 16.3. The molecule has 112 valence electrons. The number of aromatic nitrogens is 1. The lowest BCUT2D eigenvalue weighted by atomic mass is 10.2. The molecule has 0 bridgehead atoms. The van der Waals surface area contributed by atoms with Gasteiger partial charge in [0.1, 0.15) is 5.75 Å². The van der Waals surface area contributed by atoms with Crippen LogP contribution >= 0.6 is 27.5 Å². The zero-order chi connectivity index (χ0) is 15.2.